The van der Waals surface area contributed by atoms with Gasteiger partial charge in [-0.3, -0.25) is 14.9 Å². The molecule has 0 unspecified atom stereocenters. The minimum atomic E-state index is -0.745. The van der Waals surface area contributed by atoms with E-state index in [9.17, 15) is 19.7 Å². The standard InChI is InChI=1S/C19H13ClN2O7/c1-10(23)28-16-6-3-11(8-17(16)27-2)7-15-19(24)29-18(21-15)13-9-12(22(25)26)4-5-14(13)20/h3-9H,1-2H3. The van der Waals surface area contributed by atoms with Crippen molar-refractivity contribution in [3.05, 3.63) is 68.4 Å². The second-order valence-corrected chi connectivity index (χ2v) is 6.17. The molecular formula is C19H13ClN2O7. The summed E-state index contributed by atoms with van der Waals surface area (Å²) in [5.41, 5.74) is 0.400. The quantitative estimate of drug-likeness (QED) is 0.240. The molecule has 1 heterocycles. The van der Waals surface area contributed by atoms with Gasteiger partial charge in [0, 0.05) is 19.1 Å². The molecule has 29 heavy (non-hydrogen) atoms. The van der Waals surface area contributed by atoms with Gasteiger partial charge in [-0.25, -0.2) is 9.79 Å². The van der Waals surface area contributed by atoms with Crippen LogP contribution in [0.25, 0.3) is 6.08 Å². The van der Waals surface area contributed by atoms with Crippen LogP contribution in [-0.4, -0.2) is 29.9 Å². The number of methoxy groups -OCH3 is 1. The van der Waals surface area contributed by atoms with Crippen LogP contribution >= 0.6 is 11.6 Å². The molecule has 3 rings (SSSR count). The van der Waals surface area contributed by atoms with E-state index in [0.29, 0.717) is 5.56 Å². The molecule has 1 aliphatic heterocycles. The lowest BCUT2D eigenvalue weighted by atomic mass is 10.1. The first kappa shape index (κ1) is 20.0. The Hall–Kier alpha value is -3.72. The summed E-state index contributed by atoms with van der Waals surface area (Å²) in [6, 6.07) is 8.38. The second kappa shape index (κ2) is 8.11. The van der Waals surface area contributed by atoms with Gasteiger partial charge in [-0.2, -0.15) is 0 Å². The zero-order valence-electron chi connectivity index (χ0n) is 15.2. The monoisotopic (exact) mass is 416 g/mol. The van der Waals surface area contributed by atoms with Crippen molar-refractivity contribution < 1.29 is 28.7 Å². The maximum Gasteiger partial charge on any atom is 0.363 e. The molecule has 0 saturated heterocycles. The van der Waals surface area contributed by atoms with Gasteiger partial charge >= 0.3 is 11.9 Å². The van der Waals surface area contributed by atoms with E-state index in [0.717, 1.165) is 0 Å². The molecule has 10 heteroatoms. The van der Waals surface area contributed by atoms with Crippen molar-refractivity contribution in [2.24, 2.45) is 4.99 Å². The average molecular weight is 417 g/mol. The van der Waals surface area contributed by atoms with Crippen molar-refractivity contribution in [1.82, 2.24) is 0 Å². The van der Waals surface area contributed by atoms with Crippen LogP contribution in [0.5, 0.6) is 11.5 Å². The molecule has 9 nitrogen and oxygen atoms in total. The van der Waals surface area contributed by atoms with Crippen LogP contribution in [0.4, 0.5) is 5.69 Å². The fourth-order valence-electron chi connectivity index (χ4n) is 2.49. The number of rotatable bonds is 5. The third-order valence-corrected chi connectivity index (χ3v) is 4.09. The van der Waals surface area contributed by atoms with E-state index in [1.54, 1.807) is 12.1 Å². The van der Waals surface area contributed by atoms with Crippen molar-refractivity contribution in [3.8, 4) is 11.5 Å². The smallest absolute Gasteiger partial charge is 0.363 e. The molecule has 0 spiro atoms. The molecule has 0 fully saturated rings. The summed E-state index contributed by atoms with van der Waals surface area (Å²) in [5, 5.41) is 11.1. The van der Waals surface area contributed by atoms with Crippen LogP contribution in [0.2, 0.25) is 5.02 Å². The summed E-state index contributed by atoms with van der Waals surface area (Å²) < 4.78 is 15.3. The molecule has 0 radical (unpaired) electrons. The molecule has 0 N–H and O–H groups in total. The molecule has 2 aromatic rings. The zero-order valence-corrected chi connectivity index (χ0v) is 15.9. The lowest BCUT2D eigenvalue weighted by molar-refractivity contribution is -0.384. The van der Waals surface area contributed by atoms with Gasteiger partial charge in [0.25, 0.3) is 5.69 Å². The molecule has 148 valence electrons. The maximum absolute atomic E-state index is 12.2. The van der Waals surface area contributed by atoms with E-state index in [4.69, 9.17) is 25.8 Å². The van der Waals surface area contributed by atoms with Gasteiger partial charge in [0.15, 0.2) is 17.2 Å². The Balaban J connectivity index is 1.96. The first-order chi connectivity index (χ1) is 13.8. The Bertz CT molecular complexity index is 1090. The number of cyclic esters (lactones) is 1. The lowest BCUT2D eigenvalue weighted by Crippen LogP contribution is -2.06. The topological polar surface area (TPSA) is 117 Å². The molecule has 1 aliphatic rings. The van der Waals surface area contributed by atoms with E-state index < -0.39 is 16.9 Å². The molecule has 2 aromatic carbocycles. The van der Waals surface area contributed by atoms with Gasteiger partial charge in [0.05, 0.1) is 22.6 Å². The number of esters is 2. The predicted octanol–water partition coefficient (Wildman–Crippen LogP) is 3.53. The lowest BCUT2D eigenvalue weighted by Gasteiger charge is -2.08. The molecular weight excluding hydrogens is 404 g/mol. The Morgan fingerprint density at radius 3 is 2.66 bits per heavy atom. The number of carbonyl (C=O) groups excluding carboxylic acids is 2. The van der Waals surface area contributed by atoms with Crippen LogP contribution < -0.4 is 9.47 Å². The molecule has 0 bridgehead atoms. The first-order valence-corrected chi connectivity index (χ1v) is 8.49. The van der Waals surface area contributed by atoms with Gasteiger partial charge in [0.2, 0.25) is 5.90 Å². The van der Waals surface area contributed by atoms with E-state index in [1.807, 2.05) is 0 Å². The van der Waals surface area contributed by atoms with Crippen molar-refractivity contribution >= 4 is 41.2 Å². The summed E-state index contributed by atoms with van der Waals surface area (Å²) in [7, 11) is 1.41. The number of nitro groups is 1. The molecule has 0 aromatic heterocycles. The van der Waals surface area contributed by atoms with Gasteiger partial charge in [-0.1, -0.05) is 17.7 Å². The minimum absolute atomic E-state index is 0.0372. The van der Waals surface area contributed by atoms with Crippen LogP contribution in [0.15, 0.2) is 47.1 Å². The number of benzene rings is 2. The predicted molar refractivity (Wildman–Crippen MR) is 103 cm³/mol. The minimum Gasteiger partial charge on any atom is -0.493 e. The molecule has 0 aliphatic carbocycles. The number of carbonyl (C=O) groups is 2. The highest BCUT2D eigenvalue weighted by atomic mass is 35.5. The van der Waals surface area contributed by atoms with Gasteiger partial charge in [0.1, 0.15) is 0 Å². The highest BCUT2D eigenvalue weighted by Crippen LogP contribution is 2.31. The first-order valence-electron chi connectivity index (χ1n) is 8.12. The summed E-state index contributed by atoms with van der Waals surface area (Å²) in [4.78, 5) is 37.8. The highest BCUT2D eigenvalue weighted by molar-refractivity contribution is 6.34. The van der Waals surface area contributed by atoms with E-state index in [1.165, 1.54) is 44.4 Å². The van der Waals surface area contributed by atoms with E-state index in [2.05, 4.69) is 4.99 Å². The van der Waals surface area contributed by atoms with Crippen LogP contribution in [0, 0.1) is 10.1 Å². The normalized spacial score (nSPS) is 14.4. The average Bonchev–Trinajstić information content (AvgIpc) is 3.02. The van der Waals surface area contributed by atoms with Crippen molar-refractivity contribution in [3.63, 3.8) is 0 Å². The number of hydrogen-bond donors (Lipinski definition) is 0. The third kappa shape index (κ3) is 4.41. The second-order valence-electron chi connectivity index (χ2n) is 5.76. The fraction of sp³-hybridized carbons (Fsp3) is 0.105. The third-order valence-electron chi connectivity index (χ3n) is 3.76. The fourth-order valence-corrected chi connectivity index (χ4v) is 2.68. The number of hydrogen-bond acceptors (Lipinski definition) is 8. The Kier molecular flexibility index (Phi) is 5.60. The van der Waals surface area contributed by atoms with Crippen molar-refractivity contribution in [1.29, 1.82) is 0 Å². The number of nitrogens with zero attached hydrogens (tertiary/aromatic N) is 2. The van der Waals surface area contributed by atoms with Gasteiger partial charge in [-0.05, 0) is 29.8 Å². The van der Waals surface area contributed by atoms with Crippen LogP contribution in [0.3, 0.4) is 0 Å². The molecule has 0 amide bonds. The van der Waals surface area contributed by atoms with Gasteiger partial charge in [-0.15, -0.1) is 0 Å². The number of non-ortho nitro benzene ring substituents is 1. The summed E-state index contributed by atoms with van der Waals surface area (Å²) in [5.74, 6) is -0.878. The largest absolute Gasteiger partial charge is 0.493 e. The zero-order chi connectivity index (χ0) is 21.1. The molecule has 0 atom stereocenters. The summed E-state index contributed by atoms with van der Waals surface area (Å²) >= 11 is 6.06. The Morgan fingerprint density at radius 2 is 2.00 bits per heavy atom. The Labute approximate surface area is 169 Å². The van der Waals surface area contributed by atoms with Crippen LogP contribution in [-0.2, 0) is 14.3 Å². The number of nitro benzene ring substituents is 1. The van der Waals surface area contributed by atoms with E-state index in [-0.39, 0.29) is 39.4 Å². The SMILES string of the molecule is COc1cc(C=C2N=C(c3cc([N+](=O)[O-])ccc3Cl)OC2=O)ccc1OC(C)=O. The molecule has 0 saturated carbocycles. The Morgan fingerprint density at radius 1 is 1.24 bits per heavy atom. The van der Waals surface area contributed by atoms with Crippen LogP contribution in [0.1, 0.15) is 18.1 Å². The van der Waals surface area contributed by atoms with Crippen molar-refractivity contribution in [2.45, 2.75) is 6.92 Å². The summed E-state index contributed by atoms with van der Waals surface area (Å²) in [6.07, 6.45) is 1.43. The number of halogens is 1. The van der Waals surface area contributed by atoms with Crippen molar-refractivity contribution in [2.75, 3.05) is 7.11 Å². The van der Waals surface area contributed by atoms with E-state index >= 15 is 0 Å². The maximum atomic E-state index is 12.2. The highest BCUT2D eigenvalue weighted by Gasteiger charge is 2.27. The number of ether oxygens (including phenoxy) is 3. The summed E-state index contributed by atoms with van der Waals surface area (Å²) in [6.45, 7) is 1.26. The number of aliphatic imine (C=N–C) groups is 1. The van der Waals surface area contributed by atoms with Gasteiger partial charge < -0.3 is 14.2 Å².